The molecule has 3 N–H and O–H groups in total. The van der Waals surface area contributed by atoms with Crippen molar-refractivity contribution in [3.63, 3.8) is 0 Å². The number of nitrogens with two attached hydrogens (primary N) is 1. The van der Waals surface area contributed by atoms with Gasteiger partial charge in [0.25, 0.3) is 0 Å². The lowest BCUT2D eigenvalue weighted by atomic mass is 10.1. The summed E-state index contributed by atoms with van der Waals surface area (Å²) in [5, 5.41) is 9.48. The van der Waals surface area contributed by atoms with Crippen LogP contribution in [0.5, 0.6) is 5.75 Å². The van der Waals surface area contributed by atoms with Crippen LogP contribution in [-0.2, 0) is 0 Å². The van der Waals surface area contributed by atoms with Crippen LogP contribution in [0.3, 0.4) is 0 Å². The number of phenols is 1. The molecular weight excluding hydrogens is 253 g/mol. The van der Waals surface area contributed by atoms with Crippen molar-refractivity contribution in [2.45, 2.75) is 13.0 Å². The summed E-state index contributed by atoms with van der Waals surface area (Å²) >= 11 is 2.08. The molecule has 1 aromatic rings. The number of phenolic OH excluding ortho intramolecular Hbond substituents is 1. The maximum Gasteiger partial charge on any atom is 0.133 e. The fraction of sp³-hybridized carbons (Fsp3) is 0.250. The number of benzene rings is 1. The molecule has 0 aliphatic carbocycles. The average molecular weight is 263 g/mol. The van der Waals surface area contributed by atoms with Crippen LogP contribution in [0.1, 0.15) is 18.5 Å². The average Bonchev–Trinajstić information content (AvgIpc) is 1.94. The summed E-state index contributed by atoms with van der Waals surface area (Å²) in [5.41, 5.74) is 6.42. The molecule has 0 spiro atoms. The molecule has 2 nitrogen and oxygen atoms in total. The largest absolute Gasteiger partial charge is 0.506 e. The SMILES string of the molecule is CC(N)c1cccc(I)c1O. The summed E-state index contributed by atoms with van der Waals surface area (Å²) in [5.74, 6) is 0.308. The number of hydrogen-bond acceptors (Lipinski definition) is 2. The Morgan fingerprint density at radius 2 is 2.18 bits per heavy atom. The lowest BCUT2D eigenvalue weighted by Crippen LogP contribution is -2.05. The van der Waals surface area contributed by atoms with Crippen LogP contribution in [0, 0.1) is 3.57 Å². The summed E-state index contributed by atoms with van der Waals surface area (Å²) in [6, 6.07) is 5.47. The molecule has 3 heteroatoms. The third-order valence-corrected chi connectivity index (χ3v) is 2.38. The minimum Gasteiger partial charge on any atom is -0.506 e. The van der Waals surface area contributed by atoms with E-state index in [1.165, 1.54) is 0 Å². The van der Waals surface area contributed by atoms with E-state index in [1.807, 2.05) is 25.1 Å². The lowest BCUT2D eigenvalue weighted by molar-refractivity contribution is 0.460. The molecule has 1 aromatic carbocycles. The third-order valence-electron chi connectivity index (χ3n) is 1.51. The van der Waals surface area contributed by atoms with E-state index >= 15 is 0 Å². The molecule has 0 aromatic heterocycles. The Morgan fingerprint density at radius 1 is 1.55 bits per heavy atom. The van der Waals surface area contributed by atoms with Crippen molar-refractivity contribution in [1.82, 2.24) is 0 Å². The number of rotatable bonds is 1. The quantitative estimate of drug-likeness (QED) is 0.761. The van der Waals surface area contributed by atoms with E-state index < -0.39 is 0 Å². The zero-order valence-electron chi connectivity index (χ0n) is 6.21. The monoisotopic (exact) mass is 263 g/mol. The topological polar surface area (TPSA) is 46.2 Å². The second-order valence-electron chi connectivity index (χ2n) is 2.47. The van der Waals surface area contributed by atoms with Gasteiger partial charge in [0.1, 0.15) is 5.75 Å². The van der Waals surface area contributed by atoms with Gasteiger partial charge in [-0.2, -0.15) is 0 Å². The molecule has 0 saturated carbocycles. The summed E-state index contributed by atoms with van der Waals surface area (Å²) in [6.45, 7) is 1.85. The number of para-hydroxylation sites is 1. The Kier molecular flexibility index (Phi) is 2.72. The van der Waals surface area contributed by atoms with Crippen LogP contribution >= 0.6 is 22.6 Å². The summed E-state index contributed by atoms with van der Waals surface area (Å²) in [7, 11) is 0. The van der Waals surface area contributed by atoms with Gasteiger partial charge in [0.15, 0.2) is 0 Å². The zero-order valence-corrected chi connectivity index (χ0v) is 8.37. The Bertz CT molecular complexity index is 260. The highest BCUT2D eigenvalue weighted by atomic mass is 127. The maximum atomic E-state index is 9.48. The predicted molar refractivity (Wildman–Crippen MR) is 53.4 cm³/mol. The van der Waals surface area contributed by atoms with E-state index in [0.29, 0.717) is 5.75 Å². The predicted octanol–water partition coefficient (Wildman–Crippen LogP) is 2.02. The molecule has 11 heavy (non-hydrogen) atoms. The van der Waals surface area contributed by atoms with Gasteiger partial charge in [-0.3, -0.25) is 0 Å². The van der Waals surface area contributed by atoms with E-state index in [0.717, 1.165) is 9.13 Å². The van der Waals surface area contributed by atoms with Gasteiger partial charge in [0, 0.05) is 11.6 Å². The first kappa shape index (κ1) is 8.80. The molecule has 0 bridgehead atoms. The molecule has 0 saturated heterocycles. The van der Waals surface area contributed by atoms with Gasteiger partial charge in [0.05, 0.1) is 3.57 Å². The highest BCUT2D eigenvalue weighted by Gasteiger charge is 2.07. The Balaban J connectivity index is 3.17. The van der Waals surface area contributed by atoms with Gasteiger partial charge in [-0.05, 0) is 35.6 Å². The van der Waals surface area contributed by atoms with E-state index in [4.69, 9.17) is 5.73 Å². The minimum atomic E-state index is -0.107. The van der Waals surface area contributed by atoms with Crippen molar-refractivity contribution >= 4 is 22.6 Å². The normalized spacial score (nSPS) is 13.0. The molecule has 0 amide bonds. The van der Waals surface area contributed by atoms with Crippen molar-refractivity contribution < 1.29 is 5.11 Å². The maximum absolute atomic E-state index is 9.48. The summed E-state index contributed by atoms with van der Waals surface area (Å²) in [6.07, 6.45) is 0. The molecule has 0 aliphatic heterocycles. The smallest absolute Gasteiger partial charge is 0.133 e. The van der Waals surface area contributed by atoms with Crippen LogP contribution in [0.25, 0.3) is 0 Å². The highest BCUT2D eigenvalue weighted by molar-refractivity contribution is 14.1. The second kappa shape index (κ2) is 3.40. The van der Waals surface area contributed by atoms with E-state index in [-0.39, 0.29) is 6.04 Å². The molecule has 0 aliphatic rings. The standard InChI is InChI=1S/C8H10INO/c1-5(10)6-3-2-4-7(9)8(6)11/h2-5,11H,10H2,1H3. The van der Waals surface area contributed by atoms with Crippen LogP contribution in [0.4, 0.5) is 0 Å². The molecule has 60 valence electrons. The highest BCUT2D eigenvalue weighted by Crippen LogP contribution is 2.27. The minimum absolute atomic E-state index is 0.107. The van der Waals surface area contributed by atoms with Crippen LogP contribution in [0.15, 0.2) is 18.2 Å². The van der Waals surface area contributed by atoms with E-state index in [9.17, 15) is 5.11 Å². The summed E-state index contributed by atoms with van der Waals surface area (Å²) < 4.78 is 0.845. The molecule has 1 atom stereocenters. The molecule has 1 unspecified atom stereocenters. The van der Waals surface area contributed by atoms with Gasteiger partial charge in [-0.1, -0.05) is 12.1 Å². The first-order valence-corrected chi connectivity index (χ1v) is 4.43. The summed E-state index contributed by atoms with van der Waals surface area (Å²) in [4.78, 5) is 0. The number of aromatic hydroxyl groups is 1. The van der Waals surface area contributed by atoms with Crippen molar-refractivity contribution in [2.24, 2.45) is 5.73 Å². The van der Waals surface area contributed by atoms with E-state index in [1.54, 1.807) is 0 Å². The van der Waals surface area contributed by atoms with Gasteiger partial charge in [-0.15, -0.1) is 0 Å². The Morgan fingerprint density at radius 3 is 2.64 bits per heavy atom. The first-order chi connectivity index (χ1) is 5.13. The molecule has 0 heterocycles. The number of halogens is 1. The van der Waals surface area contributed by atoms with Crippen LogP contribution in [-0.4, -0.2) is 5.11 Å². The zero-order chi connectivity index (χ0) is 8.43. The Labute approximate surface area is 79.6 Å². The van der Waals surface area contributed by atoms with Crippen molar-refractivity contribution in [3.8, 4) is 5.75 Å². The van der Waals surface area contributed by atoms with E-state index in [2.05, 4.69) is 22.6 Å². The van der Waals surface area contributed by atoms with Crippen molar-refractivity contribution in [3.05, 3.63) is 27.3 Å². The molecule has 1 rings (SSSR count). The molecule has 0 fully saturated rings. The van der Waals surface area contributed by atoms with Crippen LogP contribution < -0.4 is 5.73 Å². The van der Waals surface area contributed by atoms with Crippen molar-refractivity contribution in [2.75, 3.05) is 0 Å². The third kappa shape index (κ3) is 1.84. The number of hydrogen-bond donors (Lipinski definition) is 2. The first-order valence-electron chi connectivity index (χ1n) is 3.36. The fourth-order valence-electron chi connectivity index (χ4n) is 0.899. The van der Waals surface area contributed by atoms with Gasteiger partial charge in [0.2, 0.25) is 0 Å². The van der Waals surface area contributed by atoms with Crippen molar-refractivity contribution in [1.29, 1.82) is 0 Å². The van der Waals surface area contributed by atoms with Gasteiger partial charge < -0.3 is 10.8 Å². The van der Waals surface area contributed by atoms with Gasteiger partial charge in [-0.25, -0.2) is 0 Å². The molecular formula is C8H10INO. The second-order valence-corrected chi connectivity index (χ2v) is 3.63. The Hall–Kier alpha value is -0.290. The van der Waals surface area contributed by atoms with Gasteiger partial charge >= 0.3 is 0 Å². The molecule has 0 radical (unpaired) electrons. The fourth-order valence-corrected chi connectivity index (χ4v) is 1.42. The van der Waals surface area contributed by atoms with Crippen LogP contribution in [0.2, 0.25) is 0 Å². The lowest BCUT2D eigenvalue weighted by Gasteiger charge is -2.08.